The first kappa shape index (κ1) is 13.7. The molecule has 0 aliphatic heterocycles. The first-order valence-corrected chi connectivity index (χ1v) is 6.75. The number of hydrogen-bond donors (Lipinski definition) is 2. The summed E-state index contributed by atoms with van der Waals surface area (Å²) in [6.07, 6.45) is 6.85. The van der Waals surface area contributed by atoms with Crippen LogP contribution in [0.3, 0.4) is 0 Å². The number of rotatable bonds is 7. The van der Waals surface area contributed by atoms with Crippen molar-refractivity contribution in [2.75, 3.05) is 0 Å². The van der Waals surface area contributed by atoms with Crippen LogP contribution in [0.5, 0.6) is 0 Å². The lowest BCUT2D eigenvalue weighted by molar-refractivity contribution is 0.477. The molecule has 3 nitrogen and oxygen atoms in total. The lowest BCUT2D eigenvalue weighted by atomic mass is 10.0. The molecule has 2 rings (SSSR count). The third kappa shape index (κ3) is 4.17. The predicted molar refractivity (Wildman–Crippen MR) is 74.1 cm³/mol. The highest BCUT2D eigenvalue weighted by atomic mass is 19.1. The molecule has 2 aromatic rings. The summed E-state index contributed by atoms with van der Waals surface area (Å²) in [7, 11) is 0. The zero-order valence-electron chi connectivity index (χ0n) is 11.2. The van der Waals surface area contributed by atoms with Gasteiger partial charge in [0.1, 0.15) is 5.82 Å². The first-order chi connectivity index (χ1) is 9.29. The smallest absolute Gasteiger partial charge is 0.123 e. The topological polar surface area (TPSA) is 40.7 Å². The normalized spacial score (nSPS) is 12.5. The molecular weight excluding hydrogens is 241 g/mol. The van der Waals surface area contributed by atoms with Crippen molar-refractivity contribution >= 4 is 0 Å². The molecule has 0 saturated heterocycles. The van der Waals surface area contributed by atoms with Crippen LogP contribution in [0, 0.1) is 5.82 Å². The molecule has 0 aliphatic rings. The second-order valence-corrected chi connectivity index (χ2v) is 4.70. The van der Waals surface area contributed by atoms with Crippen LogP contribution in [0.2, 0.25) is 0 Å². The third-order valence-electron chi connectivity index (χ3n) is 3.21. The molecule has 1 aromatic heterocycles. The summed E-state index contributed by atoms with van der Waals surface area (Å²) in [5.74, 6) is -0.188. The summed E-state index contributed by atoms with van der Waals surface area (Å²) in [5, 5.41) is 3.50. The van der Waals surface area contributed by atoms with E-state index in [4.69, 9.17) is 0 Å². The van der Waals surface area contributed by atoms with E-state index in [-0.39, 0.29) is 11.9 Å². The van der Waals surface area contributed by atoms with E-state index >= 15 is 0 Å². The van der Waals surface area contributed by atoms with Crippen LogP contribution >= 0.6 is 0 Å². The van der Waals surface area contributed by atoms with Crippen molar-refractivity contribution in [3.63, 3.8) is 0 Å². The summed E-state index contributed by atoms with van der Waals surface area (Å²) < 4.78 is 13.0. The van der Waals surface area contributed by atoms with Gasteiger partial charge >= 0.3 is 0 Å². The van der Waals surface area contributed by atoms with Crippen molar-refractivity contribution in [2.45, 2.75) is 38.8 Å². The van der Waals surface area contributed by atoms with Crippen LogP contribution in [0.4, 0.5) is 4.39 Å². The number of nitrogens with one attached hydrogen (secondary N) is 2. The average Bonchev–Trinajstić information content (AvgIpc) is 2.93. The minimum Gasteiger partial charge on any atom is -0.347 e. The van der Waals surface area contributed by atoms with Crippen LogP contribution < -0.4 is 5.32 Å². The number of unbranched alkanes of at least 4 members (excludes halogenated alkanes) is 1. The van der Waals surface area contributed by atoms with Gasteiger partial charge in [0.05, 0.1) is 6.33 Å². The maximum Gasteiger partial charge on any atom is 0.123 e. The second kappa shape index (κ2) is 7.04. The maximum absolute atomic E-state index is 13.0. The molecule has 1 heterocycles. The van der Waals surface area contributed by atoms with Crippen LogP contribution in [-0.2, 0) is 6.54 Å². The Kier molecular flexibility index (Phi) is 5.10. The molecule has 0 saturated carbocycles. The van der Waals surface area contributed by atoms with Gasteiger partial charge in [-0.25, -0.2) is 9.37 Å². The number of aromatic amines is 1. The fourth-order valence-electron chi connectivity index (χ4n) is 2.10. The average molecular weight is 261 g/mol. The Bertz CT molecular complexity index is 465. The van der Waals surface area contributed by atoms with E-state index in [9.17, 15) is 4.39 Å². The fraction of sp³-hybridized carbons (Fsp3) is 0.400. The summed E-state index contributed by atoms with van der Waals surface area (Å²) in [4.78, 5) is 7.08. The fourth-order valence-corrected chi connectivity index (χ4v) is 2.10. The van der Waals surface area contributed by atoms with Gasteiger partial charge in [-0.05, 0) is 24.1 Å². The third-order valence-corrected chi connectivity index (χ3v) is 3.21. The molecule has 0 radical (unpaired) electrons. The van der Waals surface area contributed by atoms with Gasteiger partial charge < -0.3 is 10.3 Å². The number of H-pyrrole nitrogens is 1. The van der Waals surface area contributed by atoms with E-state index in [0.717, 1.165) is 37.1 Å². The lowest BCUT2D eigenvalue weighted by Crippen LogP contribution is -2.21. The van der Waals surface area contributed by atoms with Crippen LogP contribution in [0.25, 0.3) is 0 Å². The summed E-state index contributed by atoms with van der Waals surface area (Å²) in [5.41, 5.74) is 2.19. The van der Waals surface area contributed by atoms with Crippen LogP contribution in [0.1, 0.15) is 43.5 Å². The van der Waals surface area contributed by atoms with Gasteiger partial charge in [-0.15, -0.1) is 0 Å². The quantitative estimate of drug-likeness (QED) is 0.800. The van der Waals surface area contributed by atoms with Gasteiger partial charge in [0.25, 0.3) is 0 Å². The molecule has 1 unspecified atom stereocenters. The highest BCUT2D eigenvalue weighted by molar-refractivity contribution is 5.20. The van der Waals surface area contributed by atoms with E-state index in [0.29, 0.717) is 0 Å². The first-order valence-electron chi connectivity index (χ1n) is 6.75. The molecule has 0 fully saturated rings. The van der Waals surface area contributed by atoms with Crippen molar-refractivity contribution in [1.29, 1.82) is 0 Å². The molecule has 0 bridgehead atoms. The SMILES string of the molecule is CCCCC(NCc1cnc[nH]1)c1ccc(F)cc1. The van der Waals surface area contributed by atoms with Gasteiger partial charge in [0.15, 0.2) is 0 Å². The Morgan fingerprint density at radius 3 is 2.74 bits per heavy atom. The zero-order chi connectivity index (χ0) is 13.5. The maximum atomic E-state index is 13.0. The number of benzene rings is 1. The number of nitrogens with zero attached hydrogens (tertiary/aromatic N) is 1. The molecule has 0 amide bonds. The van der Waals surface area contributed by atoms with E-state index < -0.39 is 0 Å². The van der Waals surface area contributed by atoms with Gasteiger partial charge in [-0.2, -0.15) is 0 Å². The number of halogens is 1. The zero-order valence-corrected chi connectivity index (χ0v) is 11.2. The van der Waals surface area contributed by atoms with Gasteiger partial charge in [-0.1, -0.05) is 31.9 Å². The van der Waals surface area contributed by atoms with Crippen molar-refractivity contribution < 1.29 is 4.39 Å². The molecular formula is C15H20FN3. The second-order valence-electron chi connectivity index (χ2n) is 4.70. The van der Waals surface area contributed by atoms with Gasteiger partial charge in [0, 0.05) is 24.5 Å². The molecule has 2 N–H and O–H groups in total. The van der Waals surface area contributed by atoms with Crippen molar-refractivity contribution in [3.8, 4) is 0 Å². The van der Waals surface area contributed by atoms with Crippen molar-refractivity contribution in [1.82, 2.24) is 15.3 Å². The van der Waals surface area contributed by atoms with Gasteiger partial charge in [-0.3, -0.25) is 0 Å². The summed E-state index contributed by atoms with van der Waals surface area (Å²) in [6, 6.07) is 7.01. The highest BCUT2D eigenvalue weighted by Gasteiger charge is 2.10. The minimum absolute atomic E-state index is 0.188. The standard InChI is InChI=1S/C15H20FN3/c1-2-3-4-15(12-5-7-13(16)8-6-12)18-10-14-9-17-11-19-14/h5-9,11,15,18H,2-4,10H2,1H3,(H,17,19). The van der Waals surface area contributed by atoms with Gasteiger partial charge in [0.2, 0.25) is 0 Å². The van der Waals surface area contributed by atoms with E-state index in [1.807, 2.05) is 18.3 Å². The Hall–Kier alpha value is -1.68. The predicted octanol–water partition coefficient (Wildman–Crippen LogP) is 3.57. The summed E-state index contributed by atoms with van der Waals surface area (Å²) >= 11 is 0. The van der Waals surface area contributed by atoms with Crippen molar-refractivity contribution in [2.24, 2.45) is 0 Å². The molecule has 0 aliphatic carbocycles. The Morgan fingerprint density at radius 1 is 1.32 bits per heavy atom. The lowest BCUT2D eigenvalue weighted by Gasteiger charge is -2.18. The molecule has 0 spiro atoms. The molecule has 102 valence electrons. The monoisotopic (exact) mass is 261 g/mol. The van der Waals surface area contributed by atoms with E-state index in [1.165, 1.54) is 12.1 Å². The largest absolute Gasteiger partial charge is 0.347 e. The molecule has 19 heavy (non-hydrogen) atoms. The van der Waals surface area contributed by atoms with Crippen LogP contribution in [0.15, 0.2) is 36.8 Å². The van der Waals surface area contributed by atoms with E-state index in [1.54, 1.807) is 6.33 Å². The highest BCUT2D eigenvalue weighted by Crippen LogP contribution is 2.20. The summed E-state index contributed by atoms with van der Waals surface area (Å²) in [6.45, 7) is 2.92. The number of aromatic nitrogens is 2. The Labute approximate surface area is 113 Å². The molecule has 1 aromatic carbocycles. The Balaban J connectivity index is 2.00. The molecule has 4 heteroatoms. The number of imidazole rings is 1. The van der Waals surface area contributed by atoms with Crippen molar-refractivity contribution in [3.05, 3.63) is 53.9 Å². The minimum atomic E-state index is -0.188. The molecule has 1 atom stereocenters. The van der Waals surface area contributed by atoms with Crippen LogP contribution in [-0.4, -0.2) is 9.97 Å². The Morgan fingerprint density at radius 2 is 2.11 bits per heavy atom. The number of hydrogen-bond acceptors (Lipinski definition) is 2. The van der Waals surface area contributed by atoms with E-state index in [2.05, 4.69) is 22.2 Å².